The summed E-state index contributed by atoms with van der Waals surface area (Å²) in [4.78, 5) is 13.5. The molecule has 134 valence electrons. The highest BCUT2D eigenvalue weighted by atomic mass is 16.3. The third-order valence-corrected chi connectivity index (χ3v) is 5.41. The topological polar surface area (TPSA) is 70.3 Å². The van der Waals surface area contributed by atoms with Crippen molar-refractivity contribution in [2.45, 2.75) is 31.7 Å². The van der Waals surface area contributed by atoms with Gasteiger partial charge in [-0.25, -0.2) is 9.97 Å². The summed E-state index contributed by atoms with van der Waals surface area (Å²) in [5.41, 5.74) is 1.31. The highest BCUT2D eigenvalue weighted by Crippen LogP contribution is 2.29. The first kappa shape index (κ1) is 16.3. The van der Waals surface area contributed by atoms with Gasteiger partial charge in [-0.1, -0.05) is 0 Å². The van der Waals surface area contributed by atoms with Crippen LogP contribution >= 0.6 is 0 Å². The molecule has 0 aliphatic carbocycles. The lowest BCUT2D eigenvalue weighted by Crippen LogP contribution is -2.33. The lowest BCUT2D eigenvalue weighted by atomic mass is 10.0. The summed E-state index contributed by atoms with van der Waals surface area (Å²) in [5, 5.41) is 13.8. The first-order valence-corrected chi connectivity index (χ1v) is 9.15. The molecule has 0 aromatic carbocycles. The summed E-state index contributed by atoms with van der Waals surface area (Å²) in [7, 11) is 1.96. The van der Waals surface area contributed by atoms with Crippen molar-refractivity contribution in [2.75, 3.05) is 36.0 Å². The molecule has 0 amide bonds. The van der Waals surface area contributed by atoms with E-state index in [4.69, 9.17) is 0 Å². The Kier molecular flexibility index (Phi) is 4.57. The Morgan fingerprint density at radius 1 is 1.20 bits per heavy atom. The fraction of sp³-hybridized carbons (Fsp3) is 0.611. The van der Waals surface area contributed by atoms with E-state index in [1.165, 1.54) is 12.0 Å². The van der Waals surface area contributed by atoms with Crippen LogP contribution in [0, 0.1) is 5.92 Å². The fourth-order valence-electron chi connectivity index (χ4n) is 4.11. The van der Waals surface area contributed by atoms with Crippen molar-refractivity contribution in [1.82, 2.24) is 19.7 Å². The van der Waals surface area contributed by atoms with Gasteiger partial charge in [0.15, 0.2) is 0 Å². The minimum atomic E-state index is 0.191. The van der Waals surface area contributed by atoms with E-state index < -0.39 is 0 Å². The second-order valence-electron chi connectivity index (χ2n) is 7.23. The molecule has 2 saturated heterocycles. The second kappa shape index (κ2) is 7.00. The number of anilines is 2. The zero-order chi connectivity index (χ0) is 17.2. The molecule has 7 heteroatoms. The number of aliphatic hydroxyl groups excluding tert-OH is 1. The summed E-state index contributed by atoms with van der Waals surface area (Å²) in [6.45, 7) is 3.21. The first-order valence-electron chi connectivity index (χ1n) is 9.15. The average Bonchev–Trinajstić information content (AvgIpc) is 3.36. The maximum Gasteiger partial charge on any atom is 0.134 e. The summed E-state index contributed by atoms with van der Waals surface area (Å²) in [6.07, 6.45) is 10.1. The van der Waals surface area contributed by atoms with Crippen LogP contribution in [-0.4, -0.2) is 57.1 Å². The van der Waals surface area contributed by atoms with Crippen molar-refractivity contribution in [2.24, 2.45) is 13.0 Å². The van der Waals surface area contributed by atoms with Gasteiger partial charge in [0, 0.05) is 38.9 Å². The molecule has 2 fully saturated rings. The average molecular weight is 342 g/mol. The standard InChI is InChI=1S/C18H26N6O/c1-22-10-15(9-21-22)7-14-4-6-23(11-14)17-8-18(20-13-19-17)24-5-2-3-16(24)12-25/h8-10,13-14,16,25H,2-7,11-12H2,1H3. The van der Waals surface area contributed by atoms with Crippen molar-refractivity contribution in [3.63, 3.8) is 0 Å². The van der Waals surface area contributed by atoms with Gasteiger partial charge in [-0.2, -0.15) is 5.10 Å². The third kappa shape index (κ3) is 3.46. The third-order valence-electron chi connectivity index (χ3n) is 5.41. The fourth-order valence-corrected chi connectivity index (χ4v) is 4.11. The van der Waals surface area contributed by atoms with Crippen LogP contribution in [0.3, 0.4) is 0 Å². The predicted octanol–water partition coefficient (Wildman–Crippen LogP) is 1.24. The van der Waals surface area contributed by atoms with Crippen LogP contribution in [0.2, 0.25) is 0 Å². The molecule has 4 rings (SSSR count). The largest absolute Gasteiger partial charge is 0.394 e. The Labute approximate surface area is 148 Å². The predicted molar refractivity (Wildman–Crippen MR) is 96.7 cm³/mol. The van der Waals surface area contributed by atoms with Gasteiger partial charge in [0.05, 0.1) is 18.8 Å². The van der Waals surface area contributed by atoms with Gasteiger partial charge in [-0.15, -0.1) is 0 Å². The van der Waals surface area contributed by atoms with Crippen LogP contribution in [-0.2, 0) is 13.5 Å². The van der Waals surface area contributed by atoms with Crippen LogP contribution in [0.15, 0.2) is 24.8 Å². The second-order valence-corrected chi connectivity index (χ2v) is 7.23. The van der Waals surface area contributed by atoms with E-state index in [1.54, 1.807) is 6.33 Å². The van der Waals surface area contributed by atoms with Crippen molar-refractivity contribution in [3.05, 3.63) is 30.4 Å². The molecule has 2 aliphatic rings. The van der Waals surface area contributed by atoms with Crippen molar-refractivity contribution < 1.29 is 5.11 Å². The SMILES string of the molecule is Cn1cc(CC2CCN(c3cc(N4CCCC4CO)ncn3)C2)cn1. The molecule has 2 unspecified atom stereocenters. The van der Waals surface area contributed by atoms with E-state index in [9.17, 15) is 5.11 Å². The van der Waals surface area contributed by atoms with Crippen molar-refractivity contribution >= 4 is 11.6 Å². The van der Waals surface area contributed by atoms with Gasteiger partial charge >= 0.3 is 0 Å². The Morgan fingerprint density at radius 3 is 2.88 bits per heavy atom. The number of rotatable bonds is 5. The molecule has 1 N–H and O–H groups in total. The van der Waals surface area contributed by atoms with E-state index in [0.717, 1.165) is 50.5 Å². The minimum Gasteiger partial charge on any atom is -0.394 e. The van der Waals surface area contributed by atoms with E-state index in [1.807, 2.05) is 17.9 Å². The highest BCUT2D eigenvalue weighted by molar-refractivity contribution is 5.52. The molecule has 2 aliphatic heterocycles. The normalized spacial score (nSPS) is 23.6. The number of nitrogens with zero attached hydrogens (tertiary/aromatic N) is 6. The van der Waals surface area contributed by atoms with E-state index in [0.29, 0.717) is 5.92 Å². The summed E-state index contributed by atoms with van der Waals surface area (Å²) in [5.74, 6) is 2.58. The molecule has 0 bridgehead atoms. The summed E-state index contributed by atoms with van der Waals surface area (Å²) >= 11 is 0. The van der Waals surface area contributed by atoms with Gasteiger partial charge in [-0.05, 0) is 37.2 Å². The number of aryl methyl sites for hydroxylation is 1. The monoisotopic (exact) mass is 342 g/mol. The lowest BCUT2D eigenvalue weighted by molar-refractivity contribution is 0.266. The molecular formula is C18H26N6O. The van der Waals surface area contributed by atoms with Gasteiger partial charge in [0.1, 0.15) is 18.0 Å². The molecule has 2 aromatic rings. The Balaban J connectivity index is 1.43. The van der Waals surface area contributed by atoms with Crippen molar-refractivity contribution in [1.29, 1.82) is 0 Å². The van der Waals surface area contributed by atoms with Crippen LogP contribution in [0.4, 0.5) is 11.6 Å². The summed E-state index contributed by atoms with van der Waals surface area (Å²) < 4.78 is 1.87. The Bertz CT molecular complexity index is 717. The van der Waals surface area contributed by atoms with E-state index in [-0.39, 0.29) is 12.6 Å². The van der Waals surface area contributed by atoms with E-state index >= 15 is 0 Å². The highest BCUT2D eigenvalue weighted by Gasteiger charge is 2.27. The van der Waals surface area contributed by atoms with Gasteiger partial charge in [-0.3, -0.25) is 4.68 Å². The molecule has 0 radical (unpaired) electrons. The molecule has 7 nitrogen and oxygen atoms in total. The Hall–Kier alpha value is -2.15. The first-order chi connectivity index (χ1) is 12.2. The number of aliphatic hydroxyl groups is 1. The zero-order valence-corrected chi connectivity index (χ0v) is 14.8. The Morgan fingerprint density at radius 2 is 2.08 bits per heavy atom. The van der Waals surface area contributed by atoms with Crippen molar-refractivity contribution in [3.8, 4) is 0 Å². The molecule has 0 saturated carbocycles. The van der Waals surface area contributed by atoms with Gasteiger partial charge in [0.2, 0.25) is 0 Å². The van der Waals surface area contributed by atoms with Crippen LogP contribution < -0.4 is 9.80 Å². The molecule has 2 atom stereocenters. The lowest BCUT2D eigenvalue weighted by Gasteiger charge is -2.25. The minimum absolute atomic E-state index is 0.191. The van der Waals surface area contributed by atoms with Crippen LogP contribution in [0.1, 0.15) is 24.8 Å². The number of hydrogen-bond acceptors (Lipinski definition) is 6. The van der Waals surface area contributed by atoms with Gasteiger partial charge in [0.25, 0.3) is 0 Å². The maximum atomic E-state index is 9.55. The zero-order valence-electron chi connectivity index (χ0n) is 14.8. The van der Waals surface area contributed by atoms with Gasteiger partial charge < -0.3 is 14.9 Å². The quantitative estimate of drug-likeness (QED) is 0.882. The summed E-state index contributed by atoms with van der Waals surface area (Å²) in [6, 6.07) is 2.28. The number of hydrogen-bond donors (Lipinski definition) is 1. The van der Waals surface area contributed by atoms with Crippen LogP contribution in [0.25, 0.3) is 0 Å². The van der Waals surface area contributed by atoms with Crippen LogP contribution in [0.5, 0.6) is 0 Å². The maximum absolute atomic E-state index is 9.55. The number of aromatic nitrogens is 4. The van der Waals surface area contributed by atoms with E-state index in [2.05, 4.69) is 37.1 Å². The molecule has 0 spiro atoms. The molecule has 4 heterocycles. The molecular weight excluding hydrogens is 316 g/mol. The molecule has 2 aromatic heterocycles. The molecule has 25 heavy (non-hydrogen) atoms. The smallest absolute Gasteiger partial charge is 0.134 e.